The summed E-state index contributed by atoms with van der Waals surface area (Å²) in [5, 5.41) is 4.87. The molecule has 0 radical (unpaired) electrons. The van der Waals surface area contributed by atoms with Crippen LogP contribution in [0.5, 0.6) is 0 Å². The summed E-state index contributed by atoms with van der Waals surface area (Å²) in [6.07, 6.45) is 3.03. The quantitative estimate of drug-likeness (QED) is 0.434. The number of Topliss-reactive ketones (excluding diaryl/α,β-unsaturated/α-hetero) is 1. The first-order valence-electron chi connectivity index (χ1n) is 12.8. The number of hydrogen-bond acceptors (Lipinski definition) is 4. The summed E-state index contributed by atoms with van der Waals surface area (Å²) >= 11 is 0. The largest absolute Gasteiger partial charge is 0.379 e. The van der Waals surface area contributed by atoms with E-state index in [1.165, 1.54) is 11.1 Å². The Kier molecular flexibility index (Phi) is 8.19. The molecule has 0 N–H and O–H groups in total. The third-order valence-electron chi connectivity index (χ3n) is 6.68. The van der Waals surface area contributed by atoms with E-state index in [9.17, 15) is 4.79 Å². The maximum absolute atomic E-state index is 13.1. The summed E-state index contributed by atoms with van der Waals surface area (Å²) < 4.78 is 7.36. The Bertz CT molecular complexity index is 1100. The monoisotopic (exact) mass is 473 g/mol. The van der Waals surface area contributed by atoms with Crippen molar-refractivity contribution in [2.24, 2.45) is 0 Å². The minimum absolute atomic E-state index is 0.0780. The van der Waals surface area contributed by atoms with E-state index >= 15 is 0 Å². The van der Waals surface area contributed by atoms with Gasteiger partial charge in [-0.1, -0.05) is 62.7 Å². The third-order valence-corrected chi connectivity index (χ3v) is 6.68. The molecule has 0 aliphatic carbocycles. The molecule has 1 aromatic heterocycles. The van der Waals surface area contributed by atoms with Crippen molar-refractivity contribution in [1.29, 1.82) is 0 Å². The molecule has 5 heteroatoms. The minimum atomic E-state index is -0.0780. The number of carbonyl (C=O) groups excluding carboxylic acids is 1. The molecule has 1 fully saturated rings. The van der Waals surface area contributed by atoms with Crippen LogP contribution >= 0.6 is 0 Å². The van der Waals surface area contributed by atoms with Gasteiger partial charge in [0.2, 0.25) is 0 Å². The van der Waals surface area contributed by atoms with Gasteiger partial charge in [0.05, 0.1) is 30.3 Å². The Hall–Kier alpha value is -2.76. The highest BCUT2D eigenvalue weighted by molar-refractivity contribution is 5.83. The number of benzene rings is 2. The van der Waals surface area contributed by atoms with Crippen molar-refractivity contribution < 1.29 is 9.53 Å². The lowest BCUT2D eigenvalue weighted by Crippen LogP contribution is -2.36. The highest BCUT2D eigenvalue weighted by Gasteiger charge is 2.22. The zero-order valence-corrected chi connectivity index (χ0v) is 21.7. The lowest BCUT2D eigenvalue weighted by molar-refractivity contribution is -0.117. The van der Waals surface area contributed by atoms with Crippen LogP contribution in [-0.4, -0.2) is 53.3 Å². The standard InChI is InChI=1S/C30H39N3O2/c1-23-7-13-26(14-8-23)33-27(22-29(31-33)30(2,3)4)21-28(34)20-25-11-9-24(10-12-25)6-5-15-32-16-18-35-19-17-32/h7-14,22H,5-6,15-21H2,1-4H3. The first-order chi connectivity index (χ1) is 16.8. The molecule has 186 valence electrons. The van der Waals surface area contributed by atoms with Crippen LogP contribution in [0, 0.1) is 6.92 Å². The van der Waals surface area contributed by atoms with Crippen LogP contribution in [0.1, 0.15) is 55.3 Å². The number of morpholine rings is 1. The molecule has 35 heavy (non-hydrogen) atoms. The zero-order chi connectivity index (χ0) is 24.8. The number of carbonyl (C=O) groups is 1. The van der Waals surface area contributed by atoms with E-state index in [2.05, 4.69) is 87.2 Å². The molecule has 0 bridgehead atoms. The maximum atomic E-state index is 13.1. The first kappa shape index (κ1) is 25.3. The number of ketones is 1. The van der Waals surface area contributed by atoms with E-state index in [1.807, 2.05) is 4.68 Å². The fraction of sp³-hybridized carbons (Fsp3) is 0.467. The number of hydrogen-bond donors (Lipinski definition) is 0. The predicted octanol–water partition coefficient (Wildman–Crippen LogP) is 5.10. The fourth-order valence-corrected chi connectivity index (χ4v) is 4.47. The van der Waals surface area contributed by atoms with Gasteiger partial charge in [-0.05, 0) is 55.6 Å². The highest BCUT2D eigenvalue weighted by Crippen LogP contribution is 2.24. The summed E-state index contributed by atoms with van der Waals surface area (Å²) in [6.45, 7) is 13.5. The van der Waals surface area contributed by atoms with Crippen molar-refractivity contribution in [3.05, 3.63) is 82.7 Å². The minimum Gasteiger partial charge on any atom is -0.379 e. The topological polar surface area (TPSA) is 47.4 Å². The Morgan fingerprint density at radius 1 is 0.943 bits per heavy atom. The van der Waals surface area contributed by atoms with Gasteiger partial charge in [-0.2, -0.15) is 5.10 Å². The molecule has 0 saturated carbocycles. The number of ether oxygens (including phenoxy) is 1. The second-order valence-electron chi connectivity index (χ2n) is 10.8. The molecule has 2 aromatic carbocycles. The van der Waals surface area contributed by atoms with Crippen molar-refractivity contribution in [3.63, 3.8) is 0 Å². The third kappa shape index (κ3) is 7.12. The molecule has 1 aliphatic heterocycles. The van der Waals surface area contributed by atoms with Crippen LogP contribution in [0.3, 0.4) is 0 Å². The van der Waals surface area contributed by atoms with Crippen molar-refractivity contribution in [3.8, 4) is 5.69 Å². The molecule has 5 nitrogen and oxygen atoms in total. The van der Waals surface area contributed by atoms with Crippen molar-refractivity contribution in [2.75, 3.05) is 32.8 Å². The molecular formula is C30H39N3O2. The fourth-order valence-electron chi connectivity index (χ4n) is 4.47. The van der Waals surface area contributed by atoms with Gasteiger partial charge in [0.25, 0.3) is 0 Å². The molecule has 4 rings (SSSR count). The van der Waals surface area contributed by atoms with Crippen molar-refractivity contribution in [2.45, 2.75) is 58.8 Å². The second-order valence-corrected chi connectivity index (χ2v) is 10.8. The van der Waals surface area contributed by atoms with Gasteiger partial charge in [-0.25, -0.2) is 4.68 Å². The van der Waals surface area contributed by atoms with E-state index in [-0.39, 0.29) is 11.2 Å². The maximum Gasteiger partial charge on any atom is 0.143 e. The smallest absolute Gasteiger partial charge is 0.143 e. The lowest BCUT2D eigenvalue weighted by Gasteiger charge is -2.26. The Morgan fingerprint density at radius 2 is 1.60 bits per heavy atom. The molecule has 0 atom stereocenters. The van der Waals surface area contributed by atoms with Crippen LogP contribution < -0.4 is 0 Å². The van der Waals surface area contributed by atoms with Gasteiger partial charge in [0.15, 0.2) is 0 Å². The Balaban J connectivity index is 1.37. The molecule has 1 saturated heterocycles. The average molecular weight is 474 g/mol. The number of rotatable bonds is 9. The second kappa shape index (κ2) is 11.3. The summed E-state index contributed by atoms with van der Waals surface area (Å²) in [4.78, 5) is 15.5. The van der Waals surface area contributed by atoms with E-state index in [4.69, 9.17) is 9.84 Å². The summed E-state index contributed by atoms with van der Waals surface area (Å²) in [6, 6.07) is 19.0. The van der Waals surface area contributed by atoms with Crippen molar-refractivity contribution >= 4 is 5.78 Å². The van der Waals surface area contributed by atoms with Crippen LogP contribution in [0.2, 0.25) is 0 Å². The van der Waals surface area contributed by atoms with Crippen molar-refractivity contribution in [1.82, 2.24) is 14.7 Å². The van der Waals surface area contributed by atoms with Gasteiger partial charge >= 0.3 is 0 Å². The van der Waals surface area contributed by atoms with Gasteiger partial charge in [-0.15, -0.1) is 0 Å². The Labute approximate surface area is 210 Å². The molecule has 2 heterocycles. The Morgan fingerprint density at radius 3 is 2.26 bits per heavy atom. The molecule has 1 aliphatic rings. The normalized spacial score (nSPS) is 14.9. The van der Waals surface area contributed by atoms with Crippen LogP contribution in [-0.2, 0) is 34.2 Å². The zero-order valence-electron chi connectivity index (χ0n) is 21.7. The van der Waals surface area contributed by atoms with Gasteiger partial charge < -0.3 is 4.74 Å². The molecule has 0 spiro atoms. The molecule has 0 amide bonds. The van der Waals surface area contributed by atoms with E-state index in [1.54, 1.807) is 0 Å². The predicted molar refractivity (Wildman–Crippen MR) is 141 cm³/mol. The van der Waals surface area contributed by atoms with Crippen LogP contribution in [0.15, 0.2) is 54.6 Å². The first-order valence-corrected chi connectivity index (χ1v) is 12.8. The van der Waals surface area contributed by atoms with E-state index in [0.717, 1.165) is 68.3 Å². The van der Waals surface area contributed by atoms with E-state index in [0.29, 0.717) is 12.8 Å². The van der Waals surface area contributed by atoms with E-state index < -0.39 is 0 Å². The van der Waals surface area contributed by atoms with Crippen LogP contribution in [0.25, 0.3) is 5.69 Å². The summed E-state index contributed by atoms with van der Waals surface area (Å²) in [7, 11) is 0. The highest BCUT2D eigenvalue weighted by atomic mass is 16.5. The SMILES string of the molecule is Cc1ccc(-n2nc(C(C)(C)C)cc2CC(=O)Cc2ccc(CCCN3CCOCC3)cc2)cc1. The number of aryl methyl sites for hydroxylation is 2. The van der Waals surface area contributed by atoms with Gasteiger partial charge in [0.1, 0.15) is 5.78 Å². The molecule has 0 unspecified atom stereocenters. The lowest BCUT2D eigenvalue weighted by atomic mass is 9.92. The molecule has 3 aromatic rings. The number of aromatic nitrogens is 2. The van der Waals surface area contributed by atoms with Gasteiger partial charge in [-0.3, -0.25) is 9.69 Å². The van der Waals surface area contributed by atoms with Gasteiger partial charge in [0, 0.05) is 31.3 Å². The summed E-state index contributed by atoms with van der Waals surface area (Å²) in [5.41, 5.74) is 6.48. The van der Waals surface area contributed by atoms with Crippen LogP contribution in [0.4, 0.5) is 0 Å². The summed E-state index contributed by atoms with van der Waals surface area (Å²) in [5.74, 6) is 0.207. The average Bonchev–Trinajstić information content (AvgIpc) is 3.25. The molecular weight excluding hydrogens is 434 g/mol. The number of nitrogens with zero attached hydrogens (tertiary/aromatic N) is 3.